The van der Waals surface area contributed by atoms with E-state index in [4.69, 9.17) is 5.73 Å². The van der Waals surface area contributed by atoms with Crippen molar-refractivity contribution in [2.45, 2.75) is 0 Å². The average molecular weight is 237 g/mol. The van der Waals surface area contributed by atoms with E-state index in [1.54, 1.807) is 14.1 Å². The van der Waals surface area contributed by atoms with E-state index in [9.17, 15) is 14.7 Å². The largest absolute Gasteiger partial charge is 0.506 e. The zero-order valence-corrected chi connectivity index (χ0v) is 9.73. The van der Waals surface area contributed by atoms with E-state index >= 15 is 0 Å². The number of nitrogen functional groups attached to an aromatic ring is 1. The van der Waals surface area contributed by atoms with E-state index in [2.05, 4.69) is 5.32 Å². The summed E-state index contributed by atoms with van der Waals surface area (Å²) < 4.78 is 0. The Balaban J connectivity index is 2.64. The Hall–Kier alpha value is -2.24. The molecule has 2 amide bonds. The highest BCUT2D eigenvalue weighted by atomic mass is 16.3. The Morgan fingerprint density at radius 3 is 2.59 bits per heavy atom. The van der Waals surface area contributed by atoms with Crippen LogP contribution in [0, 0.1) is 0 Å². The summed E-state index contributed by atoms with van der Waals surface area (Å²) >= 11 is 0. The average Bonchev–Trinajstić information content (AvgIpc) is 2.28. The molecule has 0 aliphatic carbocycles. The minimum atomic E-state index is -0.435. The lowest BCUT2D eigenvalue weighted by Crippen LogP contribution is -2.36. The predicted octanol–water partition coefficient (Wildman–Crippen LogP) is -0.208. The molecule has 6 heteroatoms. The molecule has 1 rings (SSSR count). The number of likely N-dealkylation sites (N-methyl/N-ethyl adjacent to an activating group) is 1. The fourth-order valence-corrected chi connectivity index (χ4v) is 1.10. The lowest BCUT2D eigenvalue weighted by Gasteiger charge is -2.11. The summed E-state index contributed by atoms with van der Waals surface area (Å²) in [4.78, 5) is 24.2. The Morgan fingerprint density at radius 2 is 2.06 bits per heavy atom. The van der Waals surface area contributed by atoms with Crippen LogP contribution in [0.25, 0.3) is 0 Å². The molecule has 0 aromatic heterocycles. The second-order valence-electron chi connectivity index (χ2n) is 3.74. The normalized spacial score (nSPS) is 9.76. The number of anilines is 1. The number of nitrogens with two attached hydrogens (primary N) is 1. The molecule has 0 bridgehead atoms. The van der Waals surface area contributed by atoms with Crippen LogP contribution in [0.5, 0.6) is 5.75 Å². The van der Waals surface area contributed by atoms with Crippen molar-refractivity contribution in [1.29, 1.82) is 0 Å². The Labute approximate surface area is 99.0 Å². The van der Waals surface area contributed by atoms with Gasteiger partial charge in [0, 0.05) is 19.7 Å². The quantitative estimate of drug-likeness (QED) is 0.501. The van der Waals surface area contributed by atoms with E-state index in [1.165, 1.54) is 23.1 Å². The number of nitrogens with zero attached hydrogens (tertiary/aromatic N) is 1. The molecule has 1 aromatic rings. The molecule has 4 N–H and O–H groups in total. The predicted molar refractivity (Wildman–Crippen MR) is 63.5 cm³/mol. The van der Waals surface area contributed by atoms with E-state index < -0.39 is 5.91 Å². The Morgan fingerprint density at radius 1 is 1.41 bits per heavy atom. The molecule has 1 aromatic carbocycles. The van der Waals surface area contributed by atoms with E-state index in [0.29, 0.717) is 0 Å². The number of benzene rings is 1. The number of aromatic hydroxyl groups is 1. The smallest absolute Gasteiger partial charge is 0.251 e. The molecule has 0 radical (unpaired) electrons. The summed E-state index contributed by atoms with van der Waals surface area (Å²) in [6, 6.07) is 4.16. The fourth-order valence-electron chi connectivity index (χ4n) is 1.10. The van der Waals surface area contributed by atoms with Gasteiger partial charge in [0.05, 0.1) is 12.2 Å². The van der Waals surface area contributed by atoms with Gasteiger partial charge in [-0.2, -0.15) is 0 Å². The number of rotatable bonds is 3. The van der Waals surface area contributed by atoms with Crippen LogP contribution in [0.15, 0.2) is 18.2 Å². The third kappa shape index (κ3) is 3.37. The monoisotopic (exact) mass is 237 g/mol. The number of amides is 2. The molecule has 0 atom stereocenters. The van der Waals surface area contributed by atoms with Crippen LogP contribution in [0.3, 0.4) is 0 Å². The van der Waals surface area contributed by atoms with Crippen LogP contribution in [-0.4, -0.2) is 42.5 Å². The second-order valence-corrected chi connectivity index (χ2v) is 3.74. The van der Waals surface area contributed by atoms with Crippen LogP contribution < -0.4 is 11.1 Å². The van der Waals surface area contributed by atoms with Crippen molar-refractivity contribution >= 4 is 17.5 Å². The summed E-state index contributed by atoms with van der Waals surface area (Å²) in [5, 5.41) is 11.8. The van der Waals surface area contributed by atoms with Gasteiger partial charge >= 0.3 is 0 Å². The number of carbonyl (C=O) groups is 2. The van der Waals surface area contributed by atoms with Crippen molar-refractivity contribution in [3.63, 3.8) is 0 Å². The minimum Gasteiger partial charge on any atom is -0.506 e. The molecule has 0 saturated carbocycles. The lowest BCUT2D eigenvalue weighted by molar-refractivity contribution is -0.127. The third-order valence-corrected chi connectivity index (χ3v) is 2.19. The minimum absolute atomic E-state index is 0.0863. The van der Waals surface area contributed by atoms with Gasteiger partial charge in [0.25, 0.3) is 5.91 Å². The van der Waals surface area contributed by atoms with Gasteiger partial charge in [0.1, 0.15) is 5.75 Å². The first-order valence-corrected chi connectivity index (χ1v) is 4.98. The molecule has 17 heavy (non-hydrogen) atoms. The molecule has 6 nitrogen and oxygen atoms in total. The highest BCUT2D eigenvalue weighted by Gasteiger charge is 2.10. The van der Waals surface area contributed by atoms with Gasteiger partial charge in [0.15, 0.2) is 0 Å². The van der Waals surface area contributed by atoms with Gasteiger partial charge in [-0.25, -0.2) is 0 Å². The van der Waals surface area contributed by atoms with Gasteiger partial charge in [0.2, 0.25) is 5.91 Å². The molecule has 0 aliphatic rings. The summed E-state index contributed by atoms with van der Waals surface area (Å²) in [6.45, 7) is -0.0863. The van der Waals surface area contributed by atoms with Crippen molar-refractivity contribution in [2.75, 3.05) is 26.4 Å². The molecular formula is C11H15N3O3. The topological polar surface area (TPSA) is 95.7 Å². The highest BCUT2D eigenvalue weighted by molar-refractivity contribution is 5.97. The summed E-state index contributed by atoms with van der Waals surface area (Å²) in [5.41, 5.74) is 5.86. The van der Waals surface area contributed by atoms with Gasteiger partial charge in [-0.3, -0.25) is 9.59 Å². The maximum absolute atomic E-state index is 11.6. The standard InChI is InChI=1S/C11H15N3O3/c1-14(2)10(16)6-13-11(17)7-3-4-8(12)9(15)5-7/h3-5,15H,6,12H2,1-2H3,(H,13,17). The molecular weight excluding hydrogens is 222 g/mol. The van der Waals surface area contributed by atoms with Gasteiger partial charge in [-0.1, -0.05) is 0 Å². The van der Waals surface area contributed by atoms with Crippen molar-refractivity contribution in [3.05, 3.63) is 23.8 Å². The number of phenols is 1. The fraction of sp³-hybridized carbons (Fsp3) is 0.273. The Kier molecular flexibility index (Phi) is 3.92. The molecule has 0 unspecified atom stereocenters. The van der Waals surface area contributed by atoms with Crippen molar-refractivity contribution in [2.24, 2.45) is 0 Å². The molecule has 0 saturated heterocycles. The maximum Gasteiger partial charge on any atom is 0.251 e. The van der Waals surface area contributed by atoms with Gasteiger partial charge in [-0.15, -0.1) is 0 Å². The number of phenolic OH excluding ortho intramolecular Hbond substituents is 1. The number of nitrogens with one attached hydrogen (secondary N) is 1. The van der Waals surface area contributed by atoms with E-state index in [0.717, 1.165) is 0 Å². The molecule has 0 fully saturated rings. The summed E-state index contributed by atoms with van der Waals surface area (Å²) in [6.07, 6.45) is 0. The number of hydrogen-bond donors (Lipinski definition) is 3. The summed E-state index contributed by atoms with van der Waals surface area (Å²) in [5.74, 6) is -0.801. The molecule has 0 spiro atoms. The first-order valence-electron chi connectivity index (χ1n) is 4.98. The second kappa shape index (κ2) is 5.20. The maximum atomic E-state index is 11.6. The summed E-state index contributed by atoms with van der Waals surface area (Å²) in [7, 11) is 3.20. The van der Waals surface area contributed by atoms with Crippen LogP contribution in [0.2, 0.25) is 0 Å². The Bertz CT molecular complexity index is 444. The van der Waals surface area contributed by atoms with Crippen molar-refractivity contribution < 1.29 is 14.7 Å². The number of hydrogen-bond acceptors (Lipinski definition) is 4. The van der Waals surface area contributed by atoms with Gasteiger partial charge in [-0.05, 0) is 18.2 Å². The number of carbonyl (C=O) groups excluding carboxylic acids is 2. The van der Waals surface area contributed by atoms with Gasteiger partial charge < -0.3 is 21.1 Å². The first kappa shape index (κ1) is 12.8. The van der Waals surface area contributed by atoms with E-state index in [1.807, 2.05) is 0 Å². The van der Waals surface area contributed by atoms with Crippen LogP contribution >= 0.6 is 0 Å². The first-order chi connectivity index (χ1) is 7.91. The zero-order chi connectivity index (χ0) is 13.0. The van der Waals surface area contributed by atoms with Crippen LogP contribution in [0.4, 0.5) is 5.69 Å². The highest BCUT2D eigenvalue weighted by Crippen LogP contribution is 2.20. The van der Waals surface area contributed by atoms with Crippen LogP contribution in [-0.2, 0) is 4.79 Å². The lowest BCUT2D eigenvalue weighted by atomic mass is 10.2. The van der Waals surface area contributed by atoms with E-state index in [-0.39, 0.29) is 29.5 Å². The third-order valence-electron chi connectivity index (χ3n) is 2.19. The SMILES string of the molecule is CN(C)C(=O)CNC(=O)c1ccc(N)c(O)c1. The van der Waals surface area contributed by atoms with Crippen molar-refractivity contribution in [3.8, 4) is 5.75 Å². The zero-order valence-electron chi connectivity index (χ0n) is 9.73. The van der Waals surface area contributed by atoms with Crippen LogP contribution in [0.1, 0.15) is 10.4 Å². The molecule has 0 aliphatic heterocycles. The molecule has 92 valence electrons. The van der Waals surface area contributed by atoms with Crippen molar-refractivity contribution in [1.82, 2.24) is 10.2 Å². The molecule has 0 heterocycles.